The number of rotatable bonds is 6. The molecule has 4 rings (SSSR count). The Morgan fingerprint density at radius 1 is 1.08 bits per heavy atom. The molecule has 7 heteroatoms. The monoisotopic (exact) mass is 383 g/mol. The Morgan fingerprint density at radius 3 is 2.65 bits per heavy atom. The van der Waals surface area contributed by atoms with Crippen LogP contribution in [0.1, 0.15) is 5.01 Å². The van der Waals surface area contributed by atoms with Crippen LogP contribution in [0.25, 0.3) is 21.1 Å². The molecule has 2 aromatic carbocycles. The Bertz CT molecular complexity index is 1090. The Hall–Kier alpha value is -2.22. The zero-order valence-corrected chi connectivity index (χ0v) is 15.8. The quantitative estimate of drug-likeness (QED) is 0.373. The summed E-state index contributed by atoms with van der Waals surface area (Å²) in [5.41, 5.74) is 1.70. The first-order valence-corrected chi connectivity index (χ1v) is 10.0. The topological polar surface area (TPSA) is 57.0 Å². The number of para-hydroxylation sites is 2. The van der Waals surface area contributed by atoms with E-state index in [0.29, 0.717) is 29.4 Å². The summed E-state index contributed by atoms with van der Waals surface area (Å²) >= 11 is 3.22. The molecule has 5 nitrogen and oxygen atoms in total. The van der Waals surface area contributed by atoms with Gasteiger partial charge in [0.1, 0.15) is 5.01 Å². The molecule has 26 heavy (non-hydrogen) atoms. The summed E-state index contributed by atoms with van der Waals surface area (Å²) in [7, 11) is 1.63. The molecule has 132 valence electrons. The van der Waals surface area contributed by atoms with Gasteiger partial charge in [-0.2, -0.15) is 0 Å². The minimum absolute atomic E-state index is 0.0283. The summed E-state index contributed by atoms with van der Waals surface area (Å²) in [6.45, 7) is 0.948. The van der Waals surface area contributed by atoms with E-state index in [9.17, 15) is 4.79 Å². The van der Waals surface area contributed by atoms with E-state index in [1.807, 2.05) is 42.5 Å². The summed E-state index contributed by atoms with van der Waals surface area (Å²) in [5.74, 6) is 0.678. The highest BCUT2D eigenvalue weighted by Crippen LogP contribution is 2.28. The SMILES string of the molecule is COCCn1c(SCc2nc3ccccc3s2)nc2ccccc2c1=O. The van der Waals surface area contributed by atoms with Gasteiger partial charge in [-0.05, 0) is 24.3 Å². The fraction of sp³-hybridized carbons (Fsp3) is 0.211. The smallest absolute Gasteiger partial charge is 0.262 e. The highest BCUT2D eigenvalue weighted by molar-refractivity contribution is 7.98. The van der Waals surface area contributed by atoms with Crippen molar-refractivity contribution >= 4 is 44.2 Å². The first-order valence-electron chi connectivity index (χ1n) is 8.22. The molecule has 4 aromatic rings. The van der Waals surface area contributed by atoms with Crippen molar-refractivity contribution in [2.24, 2.45) is 0 Å². The van der Waals surface area contributed by atoms with Gasteiger partial charge in [0, 0.05) is 7.11 Å². The highest BCUT2D eigenvalue weighted by Gasteiger charge is 2.12. The van der Waals surface area contributed by atoms with Crippen LogP contribution in [0.2, 0.25) is 0 Å². The molecule has 0 aliphatic carbocycles. The van der Waals surface area contributed by atoms with Crippen molar-refractivity contribution in [2.45, 2.75) is 17.5 Å². The summed E-state index contributed by atoms with van der Waals surface area (Å²) < 4.78 is 8.03. The van der Waals surface area contributed by atoms with Crippen molar-refractivity contribution in [3.05, 3.63) is 63.9 Å². The predicted molar refractivity (Wildman–Crippen MR) is 107 cm³/mol. The van der Waals surface area contributed by atoms with E-state index in [1.165, 1.54) is 16.5 Å². The van der Waals surface area contributed by atoms with Crippen LogP contribution in [-0.2, 0) is 17.0 Å². The molecular formula is C19H17N3O2S2. The van der Waals surface area contributed by atoms with Gasteiger partial charge in [-0.15, -0.1) is 11.3 Å². The van der Waals surface area contributed by atoms with Crippen molar-refractivity contribution in [3.8, 4) is 0 Å². The fourth-order valence-electron chi connectivity index (χ4n) is 2.75. The van der Waals surface area contributed by atoms with E-state index < -0.39 is 0 Å². The third-order valence-electron chi connectivity index (χ3n) is 4.01. The zero-order valence-electron chi connectivity index (χ0n) is 14.2. The van der Waals surface area contributed by atoms with Crippen LogP contribution in [-0.4, -0.2) is 28.3 Å². The van der Waals surface area contributed by atoms with Crippen LogP contribution < -0.4 is 5.56 Å². The van der Waals surface area contributed by atoms with Gasteiger partial charge < -0.3 is 4.74 Å². The van der Waals surface area contributed by atoms with E-state index >= 15 is 0 Å². The highest BCUT2D eigenvalue weighted by atomic mass is 32.2. The van der Waals surface area contributed by atoms with Crippen molar-refractivity contribution in [3.63, 3.8) is 0 Å². The fourth-order valence-corrected chi connectivity index (χ4v) is 4.73. The lowest BCUT2D eigenvalue weighted by Gasteiger charge is -2.12. The van der Waals surface area contributed by atoms with E-state index in [1.54, 1.807) is 23.0 Å². The van der Waals surface area contributed by atoms with Crippen LogP contribution >= 0.6 is 23.1 Å². The van der Waals surface area contributed by atoms with Gasteiger partial charge in [-0.1, -0.05) is 36.0 Å². The summed E-state index contributed by atoms with van der Waals surface area (Å²) in [4.78, 5) is 22.2. The van der Waals surface area contributed by atoms with Crippen LogP contribution in [0, 0.1) is 0 Å². The second-order valence-corrected chi connectivity index (χ2v) is 7.78. The molecule has 0 N–H and O–H groups in total. The number of methoxy groups -OCH3 is 1. The van der Waals surface area contributed by atoms with Crippen molar-refractivity contribution in [1.82, 2.24) is 14.5 Å². The number of nitrogens with zero attached hydrogens (tertiary/aromatic N) is 3. The molecule has 0 aliphatic heterocycles. The maximum Gasteiger partial charge on any atom is 0.262 e. The Kier molecular flexibility index (Phi) is 5.01. The van der Waals surface area contributed by atoms with E-state index in [0.717, 1.165) is 16.0 Å². The van der Waals surface area contributed by atoms with Crippen molar-refractivity contribution in [1.29, 1.82) is 0 Å². The Morgan fingerprint density at radius 2 is 1.85 bits per heavy atom. The lowest BCUT2D eigenvalue weighted by Crippen LogP contribution is -2.25. The van der Waals surface area contributed by atoms with Crippen LogP contribution in [0.3, 0.4) is 0 Å². The molecule has 0 fully saturated rings. The molecule has 0 amide bonds. The molecule has 0 unspecified atom stereocenters. The Balaban J connectivity index is 1.68. The van der Waals surface area contributed by atoms with Crippen LogP contribution in [0.5, 0.6) is 0 Å². The second kappa shape index (κ2) is 7.57. The number of fused-ring (bicyclic) bond motifs is 2. The van der Waals surface area contributed by atoms with Gasteiger partial charge in [0.2, 0.25) is 0 Å². The van der Waals surface area contributed by atoms with Gasteiger partial charge in [0.15, 0.2) is 5.16 Å². The Labute approximate surface area is 158 Å². The summed E-state index contributed by atoms with van der Waals surface area (Å²) in [5, 5.41) is 2.36. The number of thiazole rings is 1. The standard InChI is InChI=1S/C19H17N3O2S2/c1-24-11-10-22-18(23)13-6-2-3-7-14(13)21-19(22)25-12-17-20-15-8-4-5-9-16(15)26-17/h2-9H,10-12H2,1H3. The number of benzene rings is 2. The van der Waals surface area contributed by atoms with E-state index in [2.05, 4.69) is 11.1 Å². The molecule has 0 saturated carbocycles. The minimum Gasteiger partial charge on any atom is -0.383 e. The number of aromatic nitrogens is 3. The van der Waals surface area contributed by atoms with Gasteiger partial charge in [0.25, 0.3) is 5.56 Å². The maximum atomic E-state index is 12.8. The first kappa shape index (κ1) is 17.2. The summed E-state index contributed by atoms with van der Waals surface area (Å²) in [6, 6.07) is 15.6. The second-order valence-electron chi connectivity index (χ2n) is 5.73. The zero-order chi connectivity index (χ0) is 17.9. The third kappa shape index (κ3) is 3.38. The normalized spacial score (nSPS) is 11.4. The average molecular weight is 383 g/mol. The molecule has 0 atom stereocenters. The number of hydrogen-bond acceptors (Lipinski definition) is 6. The number of thioether (sulfide) groups is 1. The van der Waals surface area contributed by atoms with Gasteiger partial charge in [-0.25, -0.2) is 9.97 Å². The number of ether oxygens (including phenoxy) is 1. The van der Waals surface area contributed by atoms with Crippen molar-refractivity contribution < 1.29 is 4.74 Å². The molecule has 0 aliphatic rings. The maximum absolute atomic E-state index is 12.8. The average Bonchev–Trinajstić information content (AvgIpc) is 3.09. The third-order valence-corrected chi connectivity index (χ3v) is 6.22. The first-order chi connectivity index (χ1) is 12.8. The van der Waals surface area contributed by atoms with Gasteiger partial charge in [-0.3, -0.25) is 9.36 Å². The van der Waals surface area contributed by atoms with Gasteiger partial charge >= 0.3 is 0 Å². The lowest BCUT2D eigenvalue weighted by atomic mass is 10.2. The van der Waals surface area contributed by atoms with E-state index in [4.69, 9.17) is 9.72 Å². The van der Waals surface area contributed by atoms with Gasteiger partial charge in [0.05, 0.1) is 40.0 Å². The molecule has 0 bridgehead atoms. The molecule has 2 aromatic heterocycles. The van der Waals surface area contributed by atoms with Crippen molar-refractivity contribution in [2.75, 3.05) is 13.7 Å². The van der Waals surface area contributed by atoms with Crippen LogP contribution in [0.15, 0.2) is 58.5 Å². The lowest BCUT2D eigenvalue weighted by molar-refractivity contribution is 0.183. The minimum atomic E-state index is -0.0283. The molecule has 0 spiro atoms. The largest absolute Gasteiger partial charge is 0.383 e. The van der Waals surface area contributed by atoms with E-state index in [-0.39, 0.29) is 5.56 Å². The summed E-state index contributed by atoms with van der Waals surface area (Å²) in [6.07, 6.45) is 0. The molecule has 2 heterocycles. The predicted octanol–water partition coefficient (Wildman–Crippen LogP) is 3.94. The molecule has 0 radical (unpaired) electrons. The molecular weight excluding hydrogens is 366 g/mol. The molecule has 0 saturated heterocycles. The number of hydrogen-bond donors (Lipinski definition) is 0. The van der Waals surface area contributed by atoms with Crippen LogP contribution in [0.4, 0.5) is 0 Å².